The van der Waals surface area contributed by atoms with Gasteiger partial charge in [0.05, 0.1) is 19.2 Å². The van der Waals surface area contributed by atoms with Gasteiger partial charge in [-0.2, -0.15) is 0 Å². The maximum absolute atomic E-state index is 11.3. The second kappa shape index (κ2) is 6.57. The van der Waals surface area contributed by atoms with Gasteiger partial charge in [0.25, 0.3) is 0 Å². The first-order chi connectivity index (χ1) is 11.2. The number of carbonyl (C=O) groups excluding carboxylic acids is 1. The van der Waals surface area contributed by atoms with Gasteiger partial charge in [-0.15, -0.1) is 0 Å². The third-order valence-electron chi connectivity index (χ3n) is 3.91. The predicted octanol–water partition coefficient (Wildman–Crippen LogP) is 3.33. The number of hydrogen-bond acceptors (Lipinski definition) is 2. The Morgan fingerprint density at radius 2 is 1.91 bits per heavy atom. The molecule has 0 aliphatic rings. The zero-order valence-corrected chi connectivity index (χ0v) is 13.4. The molecule has 118 valence electrons. The fraction of sp³-hybridized carbons (Fsp3) is 0.211. The van der Waals surface area contributed by atoms with E-state index in [0.717, 1.165) is 28.9 Å². The van der Waals surface area contributed by atoms with Crippen LogP contribution in [0.15, 0.2) is 54.6 Å². The van der Waals surface area contributed by atoms with Crippen LogP contribution in [0.25, 0.3) is 10.9 Å². The summed E-state index contributed by atoms with van der Waals surface area (Å²) in [5.74, 6) is 0.812. The third kappa shape index (κ3) is 3.21. The molecule has 1 amide bonds. The van der Waals surface area contributed by atoms with Crippen molar-refractivity contribution in [2.45, 2.75) is 20.0 Å². The molecular formula is C19H20N2O2. The van der Waals surface area contributed by atoms with E-state index >= 15 is 0 Å². The average Bonchev–Trinajstić information content (AvgIpc) is 2.92. The molecule has 3 aromatic rings. The van der Waals surface area contributed by atoms with E-state index < -0.39 is 0 Å². The molecule has 1 heterocycles. The first kappa shape index (κ1) is 15.2. The van der Waals surface area contributed by atoms with Crippen molar-refractivity contribution in [3.8, 4) is 5.75 Å². The van der Waals surface area contributed by atoms with Crippen LogP contribution in [0.4, 0.5) is 0 Å². The van der Waals surface area contributed by atoms with Crippen LogP contribution >= 0.6 is 0 Å². The molecule has 1 N–H and O–H groups in total. The minimum atomic E-state index is -0.0338. The van der Waals surface area contributed by atoms with Gasteiger partial charge in [-0.05, 0) is 23.8 Å². The average molecular weight is 308 g/mol. The molecule has 0 saturated heterocycles. The van der Waals surface area contributed by atoms with Crippen molar-refractivity contribution in [3.05, 3.63) is 65.9 Å². The lowest BCUT2D eigenvalue weighted by Gasteiger charge is -2.11. The van der Waals surface area contributed by atoms with Crippen LogP contribution in [0.1, 0.15) is 18.2 Å². The molecule has 23 heavy (non-hydrogen) atoms. The van der Waals surface area contributed by atoms with Crippen LogP contribution in [0.3, 0.4) is 0 Å². The fourth-order valence-corrected chi connectivity index (χ4v) is 2.80. The number of ether oxygens (including phenoxy) is 1. The second-order valence-corrected chi connectivity index (χ2v) is 5.51. The number of methoxy groups -OCH3 is 1. The molecule has 0 spiro atoms. The van der Waals surface area contributed by atoms with E-state index in [2.05, 4.69) is 34.1 Å². The maximum atomic E-state index is 11.3. The van der Waals surface area contributed by atoms with E-state index in [-0.39, 0.29) is 5.91 Å². The SMILES string of the molecule is COc1cccc2c1cc(CNC(C)=O)n2Cc1ccccc1. The van der Waals surface area contributed by atoms with Crippen molar-refractivity contribution in [3.63, 3.8) is 0 Å². The Morgan fingerprint density at radius 1 is 1.13 bits per heavy atom. The molecule has 0 atom stereocenters. The molecule has 0 saturated carbocycles. The molecule has 0 bridgehead atoms. The van der Waals surface area contributed by atoms with E-state index in [1.807, 2.05) is 30.3 Å². The number of amides is 1. The molecule has 4 nitrogen and oxygen atoms in total. The number of hydrogen-bond donors (Lipinski definition) is 1. The van der Waals surface area contributed by atoms with Gasteiger partial charge in [-0.3, -0.25) is 4.79 Å². The van der Waals surface area contributed by atoms with Crippen molar-refractivity contribution in [2.24, 2.45) is 0 Å². The number of fused-ring (bicyclic) bond motifs is 1. The van der Waals surface area contributed by atoms with Gasteiger partial charge in [-0.1, -0.05) is 36.4 Å². The highest BCUT2D eigenvalue weighted by Gasteiger charge is 2.12. The Labute approximate surface area is 135 Å². The predicted molar refractivity (Wildman–Crippen MR) is 91.6 cm³/mol. The molecule has 0 unspecified atom stereocenters. The molecule has 0 fully saturated rings. The highest BCUT2D eigenvalue weighted by Crippen LogP contribution is 2.29. The zero-order valence-electron chi connectivity index (χ0n) is 13.4. The number of nitrogens with zero attached hydrogens (tertiary/aromatic N) is 1. The number of benzene rings is 2. The molecule has 4 heteroatoms. The van der Waals surface area contributed by atoms with Crippen molar-refractivity contribution < 1.29 is 9.53 Å². The summed E-state index contributed by atoms with van der Waals surface area (Å²) in [4.78, 5) is 11.3. The molecule has 2 aromatic carbocycles. The van der Waals surface area contributed by atoms with Gasteiger partial charge in [0.15, 0.2) is 0 Å². The number of aromatic nitrogens is 1. The van der Waals surface area contributed by atoms with Crippen molar-refractivity contribution in [1.82, 2.24) is 9.88 Å². The van der Waals surface area contributed by atoms with Crippen molar-refractivity contribution in [1.29, 1.82) is 0 Å². The lowest BCUT2D eigenvalue weighted by molar-refractivity contribution is -0.119. The first-order valence-electron chi connectivity index (χ1n) is 7.62. The smallest absolute Gasteiger partial charge is 0.217 e. The van der Waals surface area contributed by atoms with Crippen molar-refractivity contribution in [2.75, 3.05) is 7.11 Å². The third-order valence-corrected chi connectivity index (χ3v) is 3.91. The largest absolute Gasteiger partial charge is 0.496 e. The van der Waals surface area contributed by atoms with E-state index in [1.54, 1.807) is 7.11 Å². The molecule has 0 aliphatic carbocycles. The Hall–Kier alpha value is -2.75. The standard InChI is InChI=1S/C19H20N2O2/c1-14(22)20-12-16-11-17-18(9-6-10-19(17)23-2)21(16)13-15-7-4-3-5-8-15/h3-11H,12-13H2,1-2H3,(H,20,22). The van der Waals surface area contributed by atoms with Gasteiger partial charge in [0, 0.05) is 24.5 Å². The monoisotopic (exact) mass is 308 g/mol. The highest BCUT2D eigenvalue weighted by atomic mass is 16.5. The topological polar surface area (TPSA) is 43.3 Å². The molecule has 0 radical (unpaired) electrons. The van der Waals surface area contributed by atoms with Crippen LogP contribution in [0.2, 0.25) is 0 Å². The van der Waals surface area contributed by atoms with Gasteiger partial charge >= 0.3 is 0 Å². The summed E-state index contributed by atoms with van der Waals surface area (Å²) in [6, 6.07) is 18.4. The van der Waals surface area contributed by atoms with Gasteiger partial charge in [0.1, 0.15) is 5.75 Å². The van der Waals surface area contributed by atoms with Gasteiger partial charge in [-0.25, -0.2) is 0 Å². The lowest BCUT2D eigenvalue weighted by Crippen LogP contribution is -2.21. The highest BCUT2D eigenvalue weighted by molar-refractivity contribution is 5.87. The zero-order chi connectivity index (χ0) is 16.2. The Balaban J connectivity index is 2.07. The van der Waals surface area contributed by atoms with Crippen molar-refractivity contribution >= 4 is 16.8 Å². The lowest BCUT2D eigenvalue weighted by atomic mass is 10.2. The molecule has 0 aliphatic heterocycles. The quantitative estimate of drug-likeness (QED) is 0.785. The Kier molecular flexibility index (Phi) is 4.33. The van der Waals surface area contributed by atoms with E-state index in [4.69, 9.17) is 4.74 Å². The van der Waals surface area contributed by atoms with Crippen LogP contribution in [-0.4, -0.2) is 17.6 Å². The van der Waals surface area contributed by atoms with E-state index in [0.29, 0.717) is 6.54 Å². The summed E-state index contributed by atoms with van der Waals surface area (Å²) in [6.07, 6.45) is 0. The molecule has 3 rings (SSSR count). The maximum Gasteiger partial charge on any atom is 0.217 e. The number of nitrogens with one attached hydrogen (secondary N) is 1. The summed E-state index contributed by atoms with van der Waals surface area (Å²) in [5.41, 5.74) is 3.38. The first-order valence-corrected chi connectivity index (χ1v) is 7.62. The van der Waals surface area contributed by atoms with E-state index in [9.17, 15) is 4.79 Å². The second-order valence-electron chi connectivity index (χ2n) is 5.51. The summed E-state index contributed by atoms with van der Waals surface area (Å²) in [6.45, 7) is 2.79. The van der Waals surface area contributed by atoms with Crippen LogP contribution < -0.4 is 10.1 Å². The normalized spacial score (nSPS) is 10.7. The molecule has 1 aromatic heterocycles. The summed E-state index contributed by atoms with van der Waals surface area (Å²) in [7, 11) is 1.68. The summed E-state index contributed by atoms with van der Waals surface area (Å²) in [5, 5.41) is 3.95. The number of carbonyl (C=O) groups is 1. The van der Waals surface area contributed by atoms with Crippen LogP contribution in [-0.2, 0) is 17.9 Å². The summed E-state index contributed by atoms with van der Waals surface area (Å²) >= 11 is 0. The van der Waals surface area contributed by atoms with Gasteiger partial charge < -0.3 is 14.6 Å². The minimum absolute atomic E-state index is 0.0338. The van der Waals surface area contributed by atoms with Crippen LogP contribution in [0.5, 0.6) is 5.75 Å². The minimum Gasteiger partial charge on any atom is -0.496 e. The Morgan fingerprint density at radius 3 is 2.61 bits per heavy atom. The Bertz CT molecular complexity index is 822. The number of rotatable bonds is 5. The summed E-state index contributed by atoms with van der Waals surface area (Å²) < 4.78 is 7.70. The van der Waals surface area contributed by atoms with Gasteiger partial charge in [0.2, 0.25) is 5.91 Å². The molecular weight excluding hydrogens is 288 g/mol. The van der Waals surface area contributed by atoms with Crippen LogP contribution in [0, 0.1) is 0 Å². The van der Waals surface area contributed by atoms with E-state index in [1.165, 1.54) is 12.5 Å². The fourth-order valence-electron chi connectivity index (χ4n) is 2.80.